The SMILES string of the molecule is COc1ccc(NCCC(C)=O)cc1C(C)C. The number of benzene rings is 1. The summed E-state index contributed by atoms with van der Waals surface area (Å²) in [5.74, 6) is 1.53. The molecular weight excluding hydrogens is 214 g/mol. The van der Waals surface area contributed by atoms with Crippen LogP contribution in [0.5, 0.6) is 5.75 Å². The molecule has 0 aliphatic carbocycles. The third kappa shape index (κ3) is 4.10. The van der Waals surface area contributed by atoms with E-state index in [4.69, 9.17) is 4.74 Å². The predicted octanol–water partition coefficient (Wildman–Crippen LogP) is 3.21. The zero-order chi connectivity index (χ0) is 12.8. The number of hydrogen-bond donors (Lipinski definition) is 1. The maximum atomic E-state index is 10.8. The first-order chi connectivity index (χ1) is 8.04. The minimum atomic E-state index is 0.204. The van der Waals surface area contributed by atoms with Crippen molar-refractivity contribution in [3.05, 3.63) is 23.8 Å². The summed E-state index contributed by atoms with van der Waals surface area (Å²) in [6.07, 6.45) is 0.559. The van der Waals surface area contributed by atoms with E-state index in [1.807, 2.05) is 12.1 Å². The van der Waals surface area contributed by atoms with E-state index < -0.39 is 0 Å². The van der Waals surface area contributed by atoms with Gasteiger partial charge in [0.25, 0.3) is 0 Å². The maximum absolute atomic E-state index is 10.8. The van der Waals surface area contributed by atoms with Gasteiger partial charge in [0, 0.05) is 18.7 Å². The van der Waals surface area contributed by atoms with Crippen molar-refractivity contribution < 1.29 is 9.53 Å². The lowest BCUT2D eigenvalue weighted by Gasteiger charge is -2.14. The molecule has 0 saturated heterocycles. The first-order valence-corrected chi connectivity index (χ1v) is 5.96. The zero-order valence-corrected chi connectivity index (χ0v) is 11.0. The second kappa shape index (κ2) is 6.28. The number of methoxy groups -OCH3 is 1. The number of ketones is 1. The normalized spacial score (nSPS) is 10.4. The molecule has 0 heterocycles. The minimum Gasteiger partial charge on any atom is -0.496 e. The van der Waals surface area contributed by atoms with Crippen LogP contribution in [0.15, 0.2) is 18.2 Å². The van der Waals surface area contributed by atoms with Crippen molar-refractivity contribution in [2.75, 3.05) is 19.0 Å². The van der Waals surface area contributed by atoms with Crippen molar-refractivity contribution in [3.63, 3.8) is 0 Å². The number of carbonyl (C=O) groups is 1. The third-order valence-corrected chi connectivity index (χ3v) is 2.66. The molecule has 0 atom stereocenters. The molecule has 0 fully saturated rings. The molecule has 0 aliphatic heterocycles. The van der Waals surface area contributed by atoms with Crippen LogP contribution in [0.3, 0.4) is 0 Å². The van der Waals surface area contributed by atoms with Crippen LogP contribution in [0, 0.1) is 0 Å². The van der Waals surface area contributed by atoms with Crippen molar-refractivity contribution in [2.45, 2.75) is 33.1 Å². The van der Waals surface area contributed by atoms with Crippen molar-refractivity contribution in [2.24, 2.45) is 0 Å². The summed E-state index contributed by atoms with van der Waals surface area (Å²) in [5.41, 5.74) is 2.22. The fourth-order valence-corrected chi connectivity index (χ4v) is 1.68. The summed E-state index contributed by atoms with van der Waals surface area (Å²) in [6, 6.07) is 6.03. The summed E-state index contributed by atoms with van der Waals surface area (Å²) < 4.78 is 5.32. The van der Waals surface area contributed by atoms with Gasteiger partial charge in [-0.25, -0.2) is 0 Å². The van der Waals surface area contributed by atoms with E-state index in [1.54, 1.807) is 14.0 Å². The van der Waals surface area contributed by atoms with Crippen LogP contribution in [0.4, 0.5) is 5.69 Å². The van der Waals surface area contributed by atoms with Gasteiger partial charge in [0.05, 0.1) is 7.11 Å². The highest BCUT2D eigenvalue weighted by Crippen LogP contribution is 2.29. The van der Waals surface area contributed by atoms with Crippen LogP contribution < -0.4 is 10.1 Å². The average molecular weight is 235 g/mol. The highest BCUT2D eigenvalue weighted by atomic mass is 16.5. The van der Waals surface area contributed by atoms with Crippen molar-refractivity contribution in [1.29, 1.82) is 0 Å². The Morgan fingerprint density at radius 3 is 2.65 bits per heavy atom. The monoisotopic (exact) mass is 235 g/mol. The molecule has 0 bridgehead atoms. The fourth-order valence-electron chi connectivity index (χ4n) is 1.68. The molecule has 3 heteroatoms. The quantitative estimate of drug-likeness (QED) is 0.822. The van der Waals surface area contributed by atoms with Gasteiger partial charge in [-0.1, -0.05) is 13.8 Å². The number of hydrogen-bond acceptors (Lipinski definition) is 3. The Hall–Kier alpha value is -1.51. The minimum absolute atomic E-state index is 0.204. The Morgan fingerprint density at radius 1 is 1.41 bits per heavy atom. The van der Waals surface area contributed by atoms with Crippen molar-refractivity contribution >= 4 is 11.5 Å². The number of anilines is 1. The molecule has 0 aliphatic rings. The van der Waals surface area contributed by atoms with E-state index in [9.17, 15) is 4.79 Å². The van der Waals surface area contributed by atoms with Gasteiger partial charge in [-0.2, -0.15) is 0 Å². The van der Waals surface area contributed by atoms with Crippen LogP contribution in [-0.2, 0) is 4.79 Å². The molecular formula is C14H21NO2. The predicted molar refractivity (Wildman–Crippen MR) is 70.9 cm³/mol. The van der Waals surface area contributed by atoms with Gasteiger partial charge >= 0.3 is 0 Å². The molecule has 0 unspecified atom stereocenters. The van der Waals surface area contributed by atoms with Crippen molar-refractivity contribution in [1.82, 2.24) is 0 Å². The van der Waals surface area contributed by atoms with Crippen molar-refractivity contribution in [3.8, 4) is 5.75 Å². The smallest absolute Gasteiger partial charge is 0.131 e. The van der Waals surface area contributed by atoms with E-state index in [0.29, 0.717) is 18.9 Å². The van der Waals surface area contributed by atoms with Gasteiger partial charge in [0.2, 0.25) is 0 Å². The first-order valence-electron chi connectivity index (χ1n) is 5.96. The Kier molecular flexibility index (Phi) is 5.01. The number of ether oxygens (including phenoxy) is 1. The van der Waals surface area contributed by atoms with Crippen LogP contribution in [0.1, 0.15) is 38.7 Å². The number of nitrogens with one attached hydrogen (secondary N) is 1. The lowest BCUT2D eigenvalue weighted by molar-refractivity contribution is -0.116. The van der Waals surface area contributed by atoms with E-state index in [1.165, 1.54) is 5.56 Å². The van der Waals surface area contributed by atoms with E-state index in [0.717, 1.165) is 11.4 Å². The molecule has 3 nitrogen and oxygen atoms in total. The zero-order valence-electron chi connectivity index (χ0n) is 11.0. The molecule has 94 valence electrons. The van der Waals surface area contributed by atoms with Crippen LogP contribution in [-0.4, -0.2) is 19.4 Å². The van der Waals surface area contributed by atoms with Crippen LogP contribution in [0.2, 0.25) is 0 Å². The first kappa shape index (κ1) is 13.6. The average Bonchev–Trinajstić information content (AvgIpc) is 2.28. The number of Topliss-reactive ketones (excluding diaryl/α,β-unsaturated/α-hetero) is 1. The molecule has 1 rings (SSSR count). The number of rotatable bonds is 6. The third-order valence-electron chi connectivity index (χ3n) is 2.66. The summed E-state index contributed by atoms with van der Waals surface area (Å²) in [7, 11) is 1.68. The second-order valence-corrected chi connectivity index (χ2v) is 4.49. The second-order valence-electron chi connectivity index (χ2n) is 4.49. The highest BCUT2D eigenvalue weighted by Gasteiger charge is 2.08. The van der Waals surface area contributed by atoms with Crippen LogP contribution in [0.25, 0.3) is 0 Å². The summed E-state index contributed by atoms with van der Waals surface area (Å²) in [6.45, 7) is 6.56. The molecule has 0 saturated carbocycles. The van der Waals surface area contributed by atoms with Gasteiger partial charge in [-0.05, 0) is 36.6 Å². The molecule has 0 radical (unpaired) electrons. The largest absolute Gasteiger partial charge is 0.496 e. The Balaban J connectivity index is 2.74. The lowest BCUT2D eigenvalue weighted by Crippen LogP contribution is -2.06. The maximum Gasteiger partial charge on any atom is 0.131 e. The summed E-state index contributed by atoms with van der Waals surface area (Å²) >= 11 is 0. The fraction of sp³-hybridized carbons (Fsp3) is 0.500. The molecule has 0 aromatic heterocycles. The Morgan fingerprint density at radius 2 is 2.12 bits per heavy atom. The molecule has 1 aromatic rings. The summed E-state index contributed by atoms with van der Waals surface area (Å²) in [4.78, 5) is 10.8. The van der Waals surface area contributed by atoms with Gasteiger partial charge < -0.3 is 10.1 Å². The molecule has 1 N–H and O–H groups in total. The van der Waals surface area contributed by atoms with Crippen LogP contribution >= 0.6 is 0 Å². The molecule has 1 aromatic carbocycles. The van der Waals surface area contributed by atoms with E-state index in [-0.39, 0.29) is 5.78 Å². The Bertz CT molecular complexity index is 386. The summed E-state index contributed by atoms with van der Waals surface area (Å²) in [5, 5.41) is 3.25. The van der Waals surface area contributed by atoms with Gasteiger partial charge in [-0.3, -0.25) is 4.79 Å². The molecule has 17 heavy (non-hydrogen) atoms. The Labute approximate surface area is 103 Å². The van der Waals surface area contributed by atoms with E-state index >= 15 is 0 Å². The van der Waals surface area contributed by atoms with Gasteiger partial charge in [0.1, 0.15) is 11.5 Å². The van der Waals surface area contributed by atoms with E-state index in [2.05, 4.69) is 25.2 Å². The van der Waals surface area contributed by atoms with Gasteiger partial charge in [-0.15, -0.1) is 0 Å². The standard InChI is InChI=1S/C14H21NO2/c1-10(2)13-9-12(5-6-14(13)17-4)15-8-7-11(3)16/h5-6,9-10,15H,7-8H2,1-4H3. The topological polar surface area (TPSA) is 38.3 Å². The number of carbonyl (C=O) groups excluding carboxylic acids is 1. The molecule has 0 spiro atoms. The van der Waals surface area contributed by atoms with Gasteiger partial charge in [0.15, 0.2) is 0 Å². The highest BCUT2D eigenvalue weighted by molar-refractivity contribution is 5.76. The molecule has 0 amide bonds. The lowest BCUT2D eigenvalue weighted by atomic mass is 10.0.